The minimum Gasteiger partial charge on any atom is -0.485 e. The van der Waals surface area contributed by atoms with Gasteiger partial charge in [0.05, 0.1) is 6.10 Å². The van der Waals surface area contributed by atoms with Gasteiger partial charge in [-0.1, -0.05) is 15.9 Å². The van der Waals surface area contributed by atoms with Crippen LogP contribution in [0.4, 0.5) is 4.39 Å². The minimum absolute atomic E-state index is 0.212. The van der Waals surface area contributed by atoms with E-state index in [1.807, 2.05) is 0 Å². The Hall–Kier alpha value is -0.610. The molecule has 82 valence electrons. The van der Waals surface area contributed by atoms with Gasteiger partial charge in [-0.3, -0.25) is 0 Å². The molecule has 0 bridgehead atoms. The SMILES string of the molecule is O[C@@H]1CCC[C@H]1Oc1ccc(Br)cc1F. The van der Waals surface area contributed by atoms with Gasteiger partial charge in [-0.05, 0) is 37.5 Å². The first-order valence-electron chi connectivity index (χ1n) is 4.96. The fourth-order valence-electron chi connectivity index (χ4n) is 1.78. The lowest BCUT2D eigenvalue weighted by atomic mass is 10.2. The van der Waals surface area contributed by atoms with E-state index in [2.05, 4.69) is 15.9 Å². The van der Waals surface area contributed by atoms with E-state index in [0.29, 0.717) is 4.47 Å². The third kappa shape index (κ3) is 2.49. The van der Waals surface area contributed by atoms with Crippen molar-refractivity contribution >= 4 is 15.9 Å². The van der Waals surface area contributed by atoms with Crippen LogP contribution in [0.15, 0.2) is 22.7 Å². The molecule has 2 rings (SSSR count). The van der Waals surface area contributed by atoms with Crippen LogP contribution in [0.3, 0.4) is 0 Å². The molecule has 0 amide bonds. The molecular formula is C11H12BrFO2. The molecule has 1 aliphatic rings. The summed E-state index contributed by atoms with van der Waals surface area (Å²) in [5.41, 5.74) is 0. The summed E-state index contributed by atoms with van der Waals surface area (Å²) in [5, 5.41) is 9.54. The van der Waals surface area contributed by atoms with Crippen LogP contribution in [0.2, 0.25) is 0 Å². The molecule has 0 aromatic heterocycles. The second kappa shape index (κ2) is 4.49. The van der Waals surface area contributed by atoms with Gasteiger partial charge in [0.25, 0.3) is 0 Å². The maximum Gasteiger partial charge on any atom is 0.166 e. The van der Waals surface area contributed by atoms with E-state index < -0.39 is 11.9 Å². The molecule has 0 radical (unpaired) electrons. The molecule has 1 N–H and O–H groups in total. The molecule has 0 heterocycles. The largest absolute Gasteiger partial charge is 0.485 e. The Bertz CT molecular complexity index is 356. The van der Waals surface area contributed by atoms with Gasteiger partial charge in [0, 0.05) is 4.47 Å². The molecule has 2 atom stereocenters. The lowest BCUT2D eigenvalue weighted by molar-refractivity contribution is 0.0578. The average molecular weight is 275 g/mol. The third-order valence-electron chi connectivity index (χ3n) is 2.59. The van der Waals surface area contributed by atoms with Crippen molar-refractivity contribution in [1.82, 2.24) is 0 Å². The second-order valence-corrected chi connectivity index (χ2v) is 4.64. The standard InChI is InChI=1S/C11H12BrFO2/c12-7-4-5-10(8(13)6-7)15-11-3-1-2-9(11)14/h4-6,9,11,14H,1-3H2/t9-,11-/m1/s1. The first-order chi connectivity index (χ1) is 7.16. The zero-order valence-corrected chi connectivity index (χ0v) is 9.71. The van der Waals surface area contributed by atoms with Crippen LogP contribution in [0, 0.1) is 5.82 Å². The van der Waals surface area contributed by atoms with Gasteiger partial charge in [0.2, 0.25) is 0 Å². The summed E-state index contributed by atoms with van der Waals surface area (Å²) >= 11 is 3.18. The molecule has 1 aromatic rings. The predicted molar refractivity (Wildman–Crippen MR) is 58.4 cm³/mol. The van der Waals surface area contributed by atoms with E-state index in [1.165, 1.54) is 6.07 Å². The molecule has 0 unspecified atom stereocenters. The molecule has 1 fully saturated rings. The van der Waals surface area contributed by atoms with Crippen molar-refractivity contribution in [2.75, 3.05) is 0 Å². The van der Waals surface area contributed by atoms with Crippen LogP contribution in [-0.2, 0) is 0 Å². The normalized spacial score (nSPS) is 25.5. The lowest BCUT2D eigenvalue weighted by Crippen LogP contribution is -2.25. The number of rotatable bonds is 2. The Labute approximate surface area is 96.2 Å². The maximum atomic E-state index is 13.4. The van der Waals surface area contributed by atoms with Crippen molar-refractivity contribution in [3.05, 3.63) is 28.5 Å². The summed E-state index contributed by atoms with van der Waals surface area (Å²) in [7, 11) is 0. The lowest BCUT2D eigenvalue weighted by Gasteiger charge is -2.17. The highest BCUT2D eigenvalue weighted by molar-refractivity contribution is 9.10. The Kier molecular flexibility index (Phi) is 3.26. The number of benzene rings is 1. The average Bonchev–Trinajstić information content (AvgIpc) is 2.57. The monoisotopic (exact) mass is 274 g/mol. The molecule has 4 heteroatoms. The highest BCUT2D eigenvalue weighted by Crippen LogP contribution is 2.27. The van der Waals surface area contributed by atoms with Gasteiger partial charge in [-0.25, -0.2) is 4.39 Å². The van der Waals surface area contributed by atoms with Crippen molar-refractivity contribution in [2.24, 2.45) is 0 Å². The molecule has 2 nitrogen and oxygen atoms in total. The Morgan fingerprint density at radius 2 is 2.20 bits per heavy atom. The number of halogens is 2. The molecule has 1 aliphatic carbocycles. The van der Waals surface area contributed by atoms with Crippen molar-refractivity contribution in [2.45, 2.75) is 31.5 Å². The smallest absolute Gasteiger partial charge is 0.166 e. The zero-order chi connectivity index (χ0) is 10.8. The van der Waals surface area contributed by atoms with E-state index in [-0.39, 0.29) is 11.9 Å². The predicted octanol–water partition coefficient (Wildman–Crippen LogP) is 2.88. The van der Waals surface area contributed by atoms with Gasteiger partial charge in [-0.15, -0.1) is 0 Å². The van der Waals surface area contributed by atoms with Gasteiger partial charge >= 0.3 is 0 Å². The summed E-state index contributed by atoms with van der Waals surface area (Å²) in [5.74, 6) is -0.187. The number of hydrogen-bond donors (Lipinski definition) is 1. The highest BCUT2D eigenvalue weighted by atomic mass is 79.9. The molecule has 0 aliphatic heterocycles. The second-order valence-electron chi connectivity index (χ2n) is 3.73. The van der Waals surface area contributed by atoms with Crippen LogP contribution in [0.1, 0.15) is 19.3 Å². The summed E-state index contributed by atoms with van der Waals surface area (Å²) < 4.78 is 19.5. The van der Waals surface area contributed by atoms with Crippen LogP contribution in [0.25, 0.3) is 0 Å². The van der Waals surface area contributed by atoms with Crippen LogP contribution in [-0.4, -0.2) is 17.3 Å². The first kappa shape index (κ1) is 10.9. The molecular weight excluding hydrogens is 263 g/mol. The van der Waals surface area contributed by atoms with Crippen LogP contribution < -0.4 is 4.74 Å². The fraction of sp³-hybridized carbons (Fsp3) is 0.455. The maximum absolute atomic E-state index is 13.4. The minimum atomic E-state index is -0.465. The Balaban J connectivity index is 2.10. The number of ether oxygens (including phenoxy) is 1. The van der Waals surface area contributed by atoms with E-state index in [9.17, 15) is 9.50 Å². The summed E-state index contributed by atoms with van der Waals surface area (Å²) in [6.07, 6.45) is 1.73. The van der Waals surface area contributed by atoms with Gasteiger partial charge < -0.3 is 9.84 Å². The van der Waals surface area contributed by atoms with E-state index in [1.54, 1.807) is 12.1 Å². The van der Waals surface area contributed by atoms with Crippen molar-refractivity contribution in [3.63, 3.8) is 0 Å². The topological polar surface area (TPSA) is 29.5 Å². The molecule has 1 aromatic carbocycles. The Morgan fingerprint density at radius 1 is 1.40 bits per heavy atom. The summed E-state index contributed by atoms with van der Waals surface area (Å²) in [4.78, 5) is 0. The molecule has 1 saturated carbocycles. The zero-order valence-electron chi connectivity index (χ0n) is 8.12. The van der Waals surface area contributed by atoms with E-state index >= 15 is 0 Å². The van der Waals surface area contributed by atoms with Gasteiger partial charge in [0.1, 0.15) is 6.10 Å². The summed E-state index contributed by atoms with van der Waals surface area (Å²) in [6.45, 7) is 0. The Morgan fingerprint density at radius 3 is 2.80 bits per heavy atom. The van der Waals surface area contributed by atoms with E-state index in [4.69, 9.17) is 4.74 Å². The molecule has 0 spiro atoms. The summed E-state index contributed by atoms with van der Waals surface area (Å²) in [6, 6.07) is 4.65. The van der Waals surface area contributed by atoms with Crippen molar-refractivity contribution in [1.29, 1.82) is 0 Å². The molecule has 0 saturated heterocycles. The van der Waals surface area contributed by atoms with Crippen LogP contribution >= 0.6 is 15.9 Å². The molecule has 15 heavy (non-hydrogen) atoms. The number of aliphatic hydroxyl groups is 1. The van der Waals surface area contributed by atoms with Crippen molar-refractivity contribution in [3.8, 4) is 5.75 Å². The first-order valence-corrected chi connectivity index (χ1v) is 5.76. The quantitative estimate of drug-likeness (QED) is 0.899. The third-order valence-corrected chi connectivity index (χ3v) is 3.08. The fourth-order valence-corrected chi connectivity index (χ4v) is 2.11. The van der Waals surface area contributed by atoms with Gasteiger partial charge in [0.15, 0.2) is 11.6 Å². The van der Waals surface area contributed by atoms with Gasteiger partial charge in [-0.2, -0.15) is 0 Å². The van der Waals surface area contributed by atoms with Crippen molar-refractivity contribution < 1.29 is 14.2 Å². The van der Waals surface area contributed by atoms with E-state index in [0.717, 1.165) is 19.3 Å². The van der Waals surface area contributed by atoms with Crippen LogP contribution in [0.5, 0.6) is 5.75 Å². The highest BCUT2D eigenvalue weighted by Gasteiger charge is 2.27. The number of aliphatic hydroxyl groups excluding tert-OH is 1. The number of hydrogen-bond acceptors (Lipinski definition) is 2.